The second kappa shape index (κ2) is 7.44. The number of fused-ring (bicyclic) bond motifs is 4. The van der Waals surface area contributed by atoms with Crippen LogP contribution in [0.5, 0.6) is 0 Å². The van der Waals surface area contributed by atoms with Crippen molar-refractivity contribution in [3.8, 4) is 11.3 Å². The van der Waals surface area contributed by atoms with Crippen LogP contribution in [0.3, 0.4) is 0 Å². The molecular weight excluding hydrogens is 350 g/mol. The molecule has 29 heavy (non-hydrogen) atoms. The molecule has 0 amide bonds. The van der Waals surface area contributed by atoms with Gasteiger partial charge in [-0.2, -0.15) is 4.57 Å². The van der Waals surface area contributed by atoms with Crippen LogP contribution in [0.25, 0.3) is 22.0 Å². The van der Waals surface area contributed by atoms with E-state index in [1.807, 2.05) is 0 Å². The monoisotopic (exact) mass is 384 g/mol. The topological polar surface area (TPSA) is 3.88 Å². The van der Waals surface area contributed by atoms with E-state index in [0.29, 0.717) is 0 Å². The summed E-state index contributed by atoms with van der Waals surface area (Å²) in [6, 6.07) is 18.4. The highest BCUT2D eigenvalue weighted by Gasteiger charge is 2.57. The first-order valence-electron chi connectivity index (χ1n) is 11.3. The zero-order valence-electron chi connectivity index (χ0n) is 18.5. The van der Waals surface area contributed by atoms with E-state index in [4.69, 9.17) is 0 Å². The summed E-state index contributed by atoms with van der Waals surface area (Å²) < 4.78 is 2.54. The smallest absolute Gasteiger partial charge is 0.188 e. The lowest BCUT2D eigenvalue weighted by Gasteiger charge is -2.46. The fourth-order valence-electron chi connectivity index (χ4n) is 5.58. The van der Waals surface area contributed by atoms with Gasteiger partial charge in [-0.05, 0) is 60.9 Å². The van der Waals surface area contributed by atoms with Crippen LogP contribution in [-0.4, -0.2) is 0 Å². The van der Waals surface area contributed by atoms with E-state index in [9.17, 15) is 0 Å². The van der Waals surface area contributed by atoms with Gasteiger partial charge in [0.05, 0.1) is 11.0 Å². The Hall–Kier alpha value is -2.41. The third kappa shape index (κ3) is 2.78. The van der Waals surface area contributed by atoms with Gasteiger partial charge in [-0.25, -0.2) is 0 Å². The molecule has 0 bridgehead atoms. The SMILES string of the molecule is C=CC1(CC)[n+]2cc3cc(CCCC)ccc3cc2-c2ccccc2C1(C)CC. The second-order valence-electron chi connectivity index (χ2n) is 8.81. The Morgan fingerprint density at radius 2 is 1.76 bits per heavy atom. The van der Waals surface area contributed by atoms with Crippen molar-refractivity contribution in [2.24, 2.45) is 0 Å². The molecular formula is C28H34N+. The highest BCUT2D eigenvalue weighted by Crippen LogP contribution is 2.50. The lowest BCUT2D eigenvalue weighted by atomic mass is 9.60. The number of benzene rings is 2. The van der Waals surface area contributed by atoms with E-state index < -0.39 is 0 Å². The van der Waals surface area contributed by atoms with Gasteiger partial charge in [0, 0.05) is 17.9 Å². The van der Waals surface area contributed by atoms with E-state index in [-0.39, 0.29) is 11.0 Å². The predicted molar refractivity (Wildman–Crippen MR) is 124 cm³/mol. The third-order valence-electron chi connectivity index (χ3n) is 7.56. The predicted octanol–water partition coefficient (Wildman–Crippen LogP) is 7.11. The van der Waals surface area contributed by atoms with E-state index in [1.165, 1.54) is 46.0 Å². The van der Waals surface area contributed by atoms with E-state index in [0.717, 1.165) is 19.3 Å². The molecule has 1 aliphatic heterocycles. The number of rotatable bonds is 6. The van der Waals surface area contributed by atoms with Crippen LogP contribution in [0.1, 0.15) is 64.5 Å². The fraction of sp³-hybridized carbons (Fsp3) is 0.393. The molecule has 0 N–H and O–H groups in total. The Bertz CT molecular complexity index is 1060. The molecule has 3 aromatic rings. The molecule has 1 aliphatic rings. The Kier molecular flexibility index (Phi) is 5.11. The lowest BCUT2D eigenvalue weighted by Crippen LogP contribution is -2.68. The molecule has 0 spiro atoms. The molecule has 2 atom stereocenters. The van der Waals surface area contributed by atoms with Gasteiger partial charge in [-0.1, -0.05) is 64.1 Å². The maximum absolute atomic E-state index is 4.36. The largest absolute Gasteiger partial charge is 0.214 e. The number of aromatic nitrogens is 1. The molecule has 2 unspecified atom stereocenters. The molecule has 0 radical (unpaired) electrons. The summed E-state index contributed by atoms with van der Waals surface area (Å²) in [6.07, 6.45) is 10.3. The Morgan fingerprint density at radius 3 is 2.45 bits per heavy atom. The average molecular weight is 385 g/mol. The first-order valence-corrected chi connectivity index (χ1v) is 11.3. The van der Waals surface area contributed by atoms with E-state index >= 15 is 0 Å². The van der Waals surface area contributed by atoms with Crippen LogP contribution in [0.15, 0.2) is 67.4 Å². The summed E-state index contributed by atoms with van der Waals surface area (Å²) in [4.78, 5) is 0. The highest BCUT2D eigenvalue weighted by molar-refractivity contribution is 5.85. The van der Waals surface area contributed by atoms with Gasteiger partial charge < -0.3 is 0 Å². The minimum atomic E-state index is -0.140. The normalized spacial score (nSPS) is 22.9. The highest BCUT2D eigenvalue weighted by atomic mass is 15.1. The average Bonchev–Trinajstić information content (AvgIpc) is 2.77. The number of pyridine rings is 1. The zero-order chi connectivity index (χ0) is 20.6. The second-order valence-corrected chi connectivity index (χ2v) is 8.81. The molecule has 0 aliphatic carbocycles. The summed E-state index contributed by atoms with van der Waals surface area (Å²) in [7, 11) is 0. The molecule has 2 aromatic carbocycles. The van der Waals surface area contributed by atoms with Crippen molar-refractivity contribution < 1.29 is 4.57 Å². The van der Waals surface area contributed by atoms with Gasteiger partial charge in [-0.3, -0.25) is 0 Å². The first kappa shape index (κ1) is 19.9. The van der Waals surface area contributed by atoms with E-state index in [2.05, 4.69) is 99.6 Å². The zero-order valence-corrected chi connectivity index (χ0v) is 18.5. The number of unbranched alkanes of at least 4 members (excludes halogenated alkanes) is 1. The summed E-state index contributed by atoms with van der Waals surface area (Å²) in [6.45, 7) is 13.7. The van der Waals surface area contributed by atoms with Gasteiger partial charge in [0.25, 0.3) is 0 Å². The number of hydrogen-bond acceptors (Lipinski definition) is 0. The lowest BCUT2D eigenvalue weighted by molar-refractivity contribution is -0.755. The van der Waals surface area contributed by atoms with Crippen LogP contribution in [0.2, 0.25) is 0 Å². The summed E-state index contributed by atoms with van der Waals surface area (Å²) in [5.41, 5.74) is 5.42. The molecule has 0 saturated heterocycles. The fourth-order valence-corrected chi connectivity index (χ4v) is 5.58. The molecule has 1 nitrogen and oxygen atoms in total. The molecule has 1 aromatic heterocycles. The molecule has 4 rings (SSSR count). The van der Waals surface area contributed by atoms with Crippen LogP contribution in [-0.2, 0) is 17.4 Å². The van der Waals surface area contributed by atoms with Crippen molar-refractivity contribution >= 4 is 10.8 Å². The molecule has 150 valence electrons. The first-order chi connectivity index (χ1) is 14.0. The molecule has 1 heteroatoms. The van der Waals surface area contributed by atoms with Crippen molar-refractivity contribution in [2.45, 2.75) is 70.8 Å². The van der Waals surface area contributed by atoms with Crippen molar-refractivity contribution in [1.82, 2.24) is 0 Å². The number of aryl methyl sites for hydroxylation is 1. The van der Waals surface area contributed by atoms with Crippen LogP contribution >= 0.6 is 0 Å². The van der Waals surface area contributed by atoms with E-state index in [1.54, 1.807) is 0 Å². The summed E-state index contributed by atoms with van der Waals surface area (Å²) in [5, 5.41) is 2.65. The molecule has 2 heterocycles. The summed E-state index contributed by atoms with van der Waals surface area (Å²) >= 11 is 0. The van der Waals surface area contributed by atoms with Crippen LogP contribution in [0, 0.1) is 0 Å². The molecule has 0 saturated carbocycles. The third-order valence-corrected chi connectivity index (χ3v) is 7.56. The van der Waals surface area contributed by atoms with Crippen molar-refractivity contribution in [1.29, 1.82) is 0 Å². The standard InChI is InChI=1S/C28H34N/c1-6-10-13-21-16-17-22-19-26-24-14-11-12-15-25(24)27(5,7-2)28(8-3,9-4)29(26)20-23(22)18-21/h8,11-12,14-20H,3,6-7,9-10,13H2,1-2,4-5H3/q+1. The maximum atomic E-state index is 4.36. The Labute approximate surface area is 176 Å². The van der Waals surface area contributed by atoms with Gasteiger partial charge >= 0.3 is 0 Å². The maximum Gasteiger partial charge on any atom is 0.214 e. The van der Waals surface area contributed by atoms with Gasteiger partial charge in [0.1, 0.15) is 0 Å². The van der Waals surface area contributed by atoms with Gasteiger partial charge in [0.15, 0.2) is 11.7 Å². The Balaban J connectivity index is 2.04. The number of nitrogens with zero attached hydrogens (tertiary/aromatic N) is 1. The Morgan fingerprint density at radius 1 is 0.966 bits per heavy atom. The van der Waals surface area contributed by atoms with Crippen LogP contribution < -0.4 is 4.57 Å². The quantitative estimate of drug-likeness (QED) is 0.315. The summed E-state index contributed by atoms with van der Waals surface area (Å²) in [5.74, 6) is 0. The minimum absolute atomic E-state index is 0.00522. The van der Waals surface area contributed by atoms with Gasteiger partial charge in [-0.15, -0.1) is 0 Å². The minimum Gasteiger partial charge on any atom is -0.188 e. The van der Waals surface area contributed by atoms with Gasteiger partial charge in [0.2, 0.25) is 5.69 Å². The van der Waals surface area contributed by atoms with Crippen LogP contribution in [0.4, 0.5) is 0 Å². The van der Waals surface area contributed by atoms with Crippen molar-refractivity contribution in [3.63, 3.8) is 0 Å². The van der Waals surface area contributed by atoms with Crippen molar-refractivity contribution in [3.05, 3.63) is 78.5 Å². The number of allylic oxidation sites excluding steroid dienone is 1. The number of hydrogen-bond donors (Lipinski definition) is 0. The molecule has 0 fully saturated rings. The van der Waals surface area contributed by atoms with Crippen molar-refractivity contribution in [2.75, 3.05) is 0 Å².